The average Bonchev–Trinajstić information content (AvgIpc) is 2.99. The van der Waals surface area contributed by atoms with Gasteiger partial charge in [-0.1, -0.05) is 18.3 Å². The zero-order chi connectivity index (χ0) is 14.1. The molecule has 0 bridgehead atoms. The van der Waals surface area contributed by atoms with Gasteiger partial charge in [0.25, 0.3) is 5.91 Å². The van der Waals surface area contributed by atoms with Crippen LogP contribution in [-0.2, 0) is 0 Å². The van der Waals surface area contributed by atoms with Crippen LogP contribution in [0.5, 0.6) is 0 Å². The van der Waals surface area contributed by atoms with Gasteiger partial charge < -0.3 is 16.0 Å². The van der Waals surface area contributed by atoms with E-state index in [0.29, 0.717) is 22.8 Å². The molecule has 1 aromatic rings. The molecule has 1 unspecified atom stereocenters. The number of likely N-dealkylation sites (tertiary alicyclic amines) is 1. The lowest BCUT2D eigenvalue weighted by Gasteiger charge is -2.25. The second-order valence-corrected chi connectivity index (χ2v) is 6.71. The molecule has 0 aromatic carbocycles. The molecule has 3 rings (SSSR count). The number of hydrogen-bond acceptors (Lipinski definition) is 5. The minimum absolute atomic E-state index is 0.0611. The Hall–Kier alpha value is -1.30. The van der Waals surface area contributed by atoms with E-state index in [1.807, 2.05) is 4.90 Å². The van der Waals surface area contributed by atoms with E-state index in [-0.39, 0.29) is 5.91 Å². The Morgan fingerprint density at radius 1 is 1.45 bits per heavy atom. The summed E-state index contributed by atoms with van der Waals surface area (Å²) in [5.41, 5.74) is 5.94. The van der Waals surface area contributed by atoms with Crippen molar-refractivity contribution in [3.05, 3.63) is 4.88 Å². The first-order chi connectivity index (χ1) is 9.69. The lowest BCUT2D eigenvalue weighted by Crippen LogP contribution is -2.34. The molecule has 110 valence electrons. The van der Waals surface area contributed by atoms with Gasteiger partial charge in [0.15, 0.2) is 5.13 Å². The molecular formula is C14H22N4OS. The third-order valence-corrected chi connectivity index (χ3v) is 5.38. The first-order valence-electron chi connectivity index (χ1n) is 7.53. The van der Waals surface area contributed by atoms with E-state index >= 15 is 0 Å². The van der Waals surface area contributed by atoms with Gasteiger partial charge in [0.2, 0.25) is 0 Å². The Labute approximate surface area is 123 Å². The molecule has 2 fully saturated rings. The van der Waals surface area contributed by atoms with E-state index in [4.69, 9.17) is 5.73 Å². The van der Waals surface area contributed by atoms with Crippen molar-refractivity contribution in [3.63, 3.8) is 0 Å². The van der Waals surface area contributed by atoms with Gasteiger partial charge in [0.05, 0.1) is 0 Å². The van der Waals surface area contributed by atoms with Crippen molar-refractivity contribution >= 4 is 28.2 Å². The molecule has 1 aliphatic carbocycles. The lowest BCUT2D eigenvalue weighted by atomic mass is 9.93. The number of thiazole rings is 1. The van der Waals surface area contributed by atoms with Crippen molar-refractivity contribution in [2.45, 2.75) is 57.5 Å². The Bertz CT molecular complexity index is 497. The molecule has 1 amide bonds. The summed E-state index contributed by atoms with van der Waals surface area (Å²) >= 11 is 1.41. The Balaban J connectivity index is 1.73. The SMILES string of the molecule is CCC1CCCN1C(=O)c1sc(NC2CCC2)nc1N. The molecule has 1 saturated carbocycles. The smallest absolute Gasteiger partial charge is 0.268 e. The van der Waals surface area contributed by atoms with Crippen LogP contribution in [0.25, 0.3) is 0 Å². The highest BCUT2D eigenvalue weighted by Crippen LogP contribution is 2.32. The van der Waals surface area contributed by atoms with Gasteiger partial charge in [-0.2, -0.15) is 0 Å². The number of aromatic nitrogens is 1. The summed E-state index contributed by atoms with van der Waals surface area (Å²) in [6, 6.07) is 0.880. The standard InChI is InChI=1S/C14H22N4OS/c1-2-10-7-4-8-18(10)13(19)11-12(15)17-14(20-11)16-9-5-3-6-9/h9-10H,2-8,15H2,1H3,(H,16,17). The number of nitrogens with one attached hydrogen (secondary N) is 1. The lowest BCUT2D eigenvalue weighted by molar-refractivity contribution is 0.0739. The molecule has 1 aliphatic heterocycles. The molecule has 20 heavy (non-hydrogen) atoms. The molecule has 1 atom stereocenters. The van der Waals surface area contributed by atoms with Crippen LogP contribution >= 0.6 is 11.3 Å². The number of carbonyl (C=O) groups excluding carboxylic acids is 1. The summed E-state index contributed by atoms with van der Waals surface area (Å²) in [6.07, 6.45) is 6.86. The van der Waals surface area contributed by atoms with Crippen LogP contribution in [0.3, 0.4) is 0 Å². The fraction of sp³-hybridized carbons (Fsp3) is 0.714. The number of amides is 1. The zero-order valence-corrected chi connectivity index (χ0v) is 12.7. The Kier molecular flexibility index (Phi) is 3.83. The molecule has 1 saturated heterocycles. The summed E-state index contributed by atoms with van der Waals surface area (Å²) in [4.78, 5) is 19.5. The van der Waals surface area contributed by atoms with E-state index < -0.39 is 0 Å². The predicted octanol–water partition coefficient (Wildman–Crippen LogP) is 2.70. The second-order valence-electron chi connectivity index (χ2n) is 5.71. The zero-order valence-electron chi connectivity index (χ0n) is 11.9. The van der Waals surface area contributed by atoms with Crippen LogP contribution in [-0.4, -0.2) is 34.4 Å². The largest absolute Gasteiger partial charge is 0.382 e. The first kappa shape index (κ1) is 13.7. The molecule has 0 spiro atoms. The predicted molar refractivity (Wildman–Crippen MR) is 82.1 cm³/mol. The number of nitrogens with zero attached hydrogens (tertiary/aromatic N) is 2. The normalized spacial score (nSPS) is 22.9. The highest BCUT2D eigenvalue weighted by molar-refractivity contribution is 7.18. The minimum Gasteiger partial charge on any atom is -0.382 e. The van der Waals surface area contributed by atoms with E-state index in [0.717, 1.165) is 30.9 Å². The molecule has 6 heteroatoms. The van der Waals surface area contributed by atoms with Gasteiger partial charge >= 0.3 is 0 Å². The number of carbonyl (C=O) groups is 1. The van der Waals surface area contributed by atoms with Gasteiger partial charge in [-0.3, -0.25) is 4.79 Å². The second kappa shape index (κ2) is 5.60. The van der Waals surface area contributed by atoms with Crippen LogP contribution in [0.15, 0.2) is 0 Å². The van der Waals surface area contributed by atoms with E-state index in [9.17, 15) is 4.79 Å². The third kappa shape index (κ3) is 2.49. The van der Waals surface area contributed by atoms with Crippen molar-refractivity contribution in [2.24, 2.45) is 0 Å². The number of nitrogens with two attached hydrogens (primary N) is 1. The highest BCUT2D eigenvalue weighted by atomic mass is 32.1. The fourth-order valence-electron chi connectivity index (χ4n) is 2.93. The minimum atomic E-state index is 0.0611. The molecule has 5 nitrogen and oxygen atoms in total. The molecule has 2 aliphatic rings. The third-order valence-electron chi connectivity index (χ3n) is 4.39. The van der Waals surface area contributed by atoms with Crippen molar-refractivity contribution in [1.82, 2.24) is 9.88 Å². The summed E-state index contributed by atoms with van der Waals surface area (Å²) in [6.45, 7) is 2.98. The van der Waals surface area contributed by atoms with Crippen LogP contribution in [0.1, 0.15) is 55.1 Å². The van der Waals surface area contributed by atoms with E-state index in [1.54, 1.807) is 0 Å². The van der Waals surface area contributed by atoms with E-state index in [1.165, 1.54) is 30.6 Å². The van der Waals surface area contributed by atoms with Crippen molar-refractivity contribution in [1.29, 1.82) is 0 Å². The number of rotatable bonds is 4. The van der Waals surface area contributed by atoms with Gasteiger partial charge in [-0.05, 0) is 38.5 Å². The maximum atomic E-state index is 12.6. The molecule has 0 radical (unpaired) electrons. The molecule has 3 N–H and O–H groups in total. The van der Waals surface area contributed by atoms with Crippen LogP contribution in [0, 0.1) is 0 Å². The van der Waals surface area contributed by atoms with Crippen LogP contribution in [0.4, 0.5) is 10.9 Å². The first-order valence-corrected chi connectivity index (χ1v) is 8.34. The Morgan fingerprint density at radius 2 is 2.25 bits per heavy atom. The number of anilines is 2. The summed E-state index contributed by atoms with van der Waals surface area (Å²) in [5.74, 6) is 0.439. The monoisotopic (exact) mass is 294 g/mol. The van der Waals surface area contributed by atoms with Crippen LogP contribution in [0.2, 0.25) is 0 Å². The number of hydrogen-bond donors (Lipinski definition) is 2. The summed E-state index contributed by atoms with van der Waals surface area (Å²) < 4.78 is 0. The van der Waals surface area contributed by atoms with Gasteiger partial charge in [0, 0.05) is 18.6 Å². The maximum Gasteiger partial charge on any atom is 0.268 e. The van der Waals surface area contributed by atoms with Gasteiger partial charge in [-0.25, -0.2) is 4.98 Å². The van der Waals surface area contributed by atoms with Crippen molar-refractivity contribution in [2.75, 3.05) is 17.6 Å². The summed E-state index contributed by atoms with van der Waals surface area (Å²) in [7, 11) is 0. The summed E-state index contributed by atoms with van der Waals surface area (Å²) in [5, 5.41) is 4.16. The highest BCUT2D eigenvalue weighted by Gasteiger charge is 2.31. The molecule has 1 aromatic heterocycles. The fourth-order valence-corrected chi connectivity index (χ4v) is 3.85. The van der Waals surface area contributed by atoms with Gasteiger partial charge in [-0.15, -0.1) is 0 Å². The van der Waals surface area contributed by atoms with E-state index in [2.05, 4.69) is 17.2 Å². The molecular weight excluding hydrogens is 272 g/mol. The quantitative estimate of drug-likeness (QED) is 0.895. The van der Waals surface area contributed by atoms with Crippen molar-refractivity contribution in [3.8, 4) is 0 Å². The topological polar surface area (TPSA) is 71.2 Å². The number of nitrogen functional groups attached to an aromatic ring is 1. The van der Waals surface area contributed by atoms with Gasteiger partial charge in [0.1, 0.15) is 10.7 Å². The average molecular weight is 294 g/mol. The maximum absolute atomic E-state index is 12.6. The Morgan fingerprint density at radius 3 is 2.90 bits per heavy atom. The van der Waals surface area contributed by atoms with Crippen LogP contribution < -0.4 is 11.1 Å². The van der Waals surface area contributed by atoms with Crippen molar-refractivity contribution < 1.29 is 4.79 Å². The molecule has 2 heterocycles.